The lowest BCUT2D eigenvalue weighted by molar-refractivity contribution is 0.627. The fourth-order valence-corrected chi connectivity index (χ4v) is 3.38. The predicted molar refractivity (Wildman–Crippen MR) is 80.4 cm³/mol. The molecule has 0 radical (unpaired) electrons. The molecule has 3 heterocycles. The smallest absolute Gasteiger partial charge is 0.174 e. The first-order chi connectivity index (χ1) is 9.78. The SMILES string of the molecule is N#CC(=Cc1ccc(Cl)s1)c1nnc2n1CCCCC2. The first-order valence-corrected chi connectivity index (χ1v) is 7.77. The van der Waals surface area contributed by atoms with Gasteiger partial charge in [-0.3, -0.25) is 0 Å². The van der Waals surface area contributed by atoms with Crippen LogP contribution in [0.15, 0.2) is 12.1 Å². The molecule has 2 aromatic rings. The third kappa shape index (κ3) is 2.62. The molecule has 0 aromatic carbocycles. The quantitative estimate of drug-likeness (QED) is 0.793. The minimum atomic E-state index is 0.546. The Labute approximate surface area is 126 Å². The fraction of sp³-hybridized carbons (Fsp3) is 0.357. The zero-order valence-electron chi connectivity index (χ0n) is 10.8. The molecule has 0 aliphatic carbocycles. The number of allylic oxidation sites excluding steroid dienone is 1. The maximum absolute atomic E-state index is 9.41. The Morgan fingerprint density at radius 3 is 3.00 bits per heavy atom. The van der Waals surface area contributed by atoms with Gasteiger partial charge in [0.05, 0.1) is 9.91 Å². The molecule has 0 atom stereocenters. The van der Waals surface area contributed by atoms with Crippen LogP contribution < -0.4 is 0 Å². The van der Waals surface area contributed by atoms with Crippen molar-refractivity contribution in [3.8, 4) is 6.07 Å². The molecule has 0 saturated heterocycles. The second-order valence-corrected chi connectivity index (χ2v) is 6.46. The second-order valence-electron chi connectivity index (χ2n) is 4.71. The number of thiophene rings is 1. The Morgan fingerprint density at radius 1 is 1.35 bits per heavy atom. The van der Waals surface area contributed by atoms with Crippen LogP contribution >= 0.6 is 22.9 Å². The standard InChI is InChI=1S/C14H13ClN4S/c15-12-6-5-11(20-12)8-10(9-16)14-18-17-13-4-2-1-3-7-19(13)14/h5-6,8H,1-4,7H2. The summed E-state index contributed by atoms with van der Waals surface area (Å²) in [6.07, 6.45) is 6.23. The molecular formula is C14H13ClN4S. The van der Waals surface area contributed by atoms with E-state index in [0.29, 0.717) is 15.7 Å². The highest BCUT2D eigenvalue weighted by molar-refractivity contribution is 7.17. The third-order valence-corrected chi connectivity index (χ3v) is 4.53. The van der Waals surface area contributed by atoms with Gasteiger partial charge in [-0.05, 0) is 31.1 Å². The molecule has 20 heavy (non-hydrogen) atoms. The van der Waals surface area contributed by atoms with Gasteiger partial charge in [0, 0.05) is 17.8 Å². The van der Waals surface area contributed by atoms with E-state index in [4.69, 9.17) is 11.6 Å². The van der Waals surface area contributed by atoms with Crippen molar-refractivity contribution in [2.75, 3.05) is 0 Å². The monoisotopic (exact) mass is 304 g/mol. The number of halogens is 1. The highest BCUT2D eigenvalue weighted by Crippen LogP contribution is 2.26. The van der Waals surface area contributed by atoms with Crippen LogP contribution in [0.2, 0.25) is 4.34 Å². The number of hydrogen-bond acceptors (Lipinski definition) is 4. The average Bonchev–Trinajstić information content (AvgIpc) is 2.96. The summed E-state index contributed by atoms with van der Waals surface area (Å²) in [5, 5.41) is 17.8. The number of aryl methyl sites for hydroxylation is 1. The number of nitrogens with zero attached hydrogens (tertiary/aromatic N) is 4. The Balaban J connectivity index is 2.00. The summed E-state index contributed by atoms with van der Waals surface area (Å²) in [7, 11) is 0. The van der Waals surface area contributed by atoms with Gasteiger partial charge < -0.3 is 4.57 Å². The lowest BCUT2D eigenvalue weighted by Gasteiger charge is -2.05. The molecule has 0 bridgehead atoms. The maximum Gasteiger partial charge on any atom is 0.174 e. The second kappa shape index (κ2) is 5.78. The lowest BCUT2D eigenvalue weighted by Crippen LogP contribution is -2.05. The molecule has 0 spiro atoms. The van der Waals surface area contributed by atoms with Crippen LogP contribution in [0.1, 0.15) is 35.8 Å². The van der Waals surface area contributed by atoms with Crippen LogP contribution in [0.3, 0.4) is 0 Å². The van der Waals surface area contributed by atoms with Crippen LogP contribution in [0, 0.1) is 11.3 Å². The third-order valence-electron chi connectivity index (χ3n) is 3.35. The predicted octanol–water partition coefficient (Wildman–Crippen LogP) is 3.78. The van der Waals surface area contributed by atoms with Gasteiger partial charge in [0.2, 0.25) is 0 Å². The van der Waals surface area contributed by atoms with Crippen molar-refractivity contribution in [2.24, 2.45) is 0 Å². The zero-order chi connectivity index (χ0) is 13.9. The lowest BCUT2D eigenvalue weighted by atomic mass is 10.2. The van der Waals surface area contributed by atoms with Crippen LogP contribution in [0.25, 0.3) is 11.6 Å². The molecule has 4 nitrogen and oxygen atoms in total. The van der Waals surface area contributed by atoms with Gasteiger partial charge in [-0.25, -0.2) is 0 Å². The fourth-order valence-electron chi connectivity index (χ4n) is 2.38. The van der Waals surface area contributed by atoms with E-state index in [1.807, 2.05) is 18.2 Å². The van der Waals surface area contributed by atoms with Crippen molar-refractivity contribution in [1.82, 2.24) is 14.8 Å². The Bertz CT molecular complexity index is 692. The molecule has 0 amide bonds. The van der Waals surface area contributed by atoms with Gasteiger partial charge in [-0.2, -0.15) is 5.26 Å². The largest absolute Gasteiger partial charge is 0.310 e. The van der Waals surface area contributed by atoms with Crippen LogP contribution in [0.4, 0.5) is 0 Å². The molecule has 0 saturated carbocycles. The van der Waals surface area contributed by atoms with E-state index in [0.717, 1.165) is 36.5 Å². The summed E-state index contributed by atoms with van der Waals surface area (Å²) in [6.45, 7) is 0.891. The molecule has 0 N–H and O–H groups in total. The van der Waals surface area contributed by atoms with Crippen molar-refractivity contribution in [2.45, 2.75) is 32.2 Å². The zero-order valence-corrected chi connectivity index (χ0v) is 12.4. The maximum atomic E-state index is 9.41. The highest BCUT2D eigenvalue weighted by Gasteiger charge is 2.17. The number of rotatable bonds is 2. The Kier molecular flexibility index (Phi) is 3.86. The molecular weight excluding hydrogens is 292 g/mol. The molecule has 102 valence electrons. The average molecular weight is 305 g/mol. The minimum absolute atomic E-state index is 0.546. The van der Waals surface area contributed by atoms with Gasteiger partial charge >= 0.3 is 0 Å². The van der Waals surface area contributed by atoms with Crippen molar-refractivity contribution >= 4 is 34.6 Å². The molecule has 0 fully saturated rings. The summed E-state index contributed by atoms with van der Waals surface area (Å²) < 4.78 is 2.80. The van der Waals surface area contributed by atoms with E-state index in [1.54, 1.807) is 0 Å². The van der Waals surface area contributed by atoms with Gasteiger partial charge in [0.25, 0.3) is 0 Å². The van der Waals surface area contributed by atoms with E-state index in [2.05, 4.69) is 20.8 Å². The molecule has 3 rings (SSSR count). The van der Waals surface area contributed by atoms with Gasteiger partial charge in [0.1, 0.15) is 11.9 Å². The van der Waals surface area contributed by atoms with E-state index < -0.39 is 0 Å². The van der Waals surface area contributed by atoms with Crippen LogP contribution in [0.5, 0.6) is 0 Å². The molecule has 0 unspecified atom stereocenters. The first-order valence-electron chi connectivity index (χ1n) is 6.57. The molecule has 1 aliphatic heterocycles. The summed E-state index contributed by atoms with van der Waals surface area (Å²) >= 11 is 7.37. The van der Waals surface area contributed by atoms with Gasteiger partial charge in [0.15, 0.2) is 5.82 Å². The van der Waals surface area contributed by atoms with Crippen LogP contribution in [-0.4, -0.2) is 14.8 Å². The Morgan fingerprint density at radius 2 is 2.25 bits per heavy atom. The number of aromatic nitrogens is 3. The van der Waals surface area contributed by atoms with Crippen molar-refractivity contribution in [3.05, 3.63) is 33.0 Å². The van der Waals surface area contributed by atoms with Gasteiger partial charge in [-0.1, -0.05) is 18.0 Å². The molecule has 6 heteroatoms. The number of fused-ring (bicyclic) bond motifs is 1. The highest BCUT2D eigenvalue weighted by atomic mass is 35.5. The van der Waals surface area contributed by atoms with E-state index in [9.17, 15) is 5.26 Å². The molecule has 2 aromatic heterocycles. The topological polar surface area (TPSA) is 54.5 Å². The van der Waals surface area contributed by atoms with Crippen molar-refractivity contribution < 1.29 is 0 Å². The summed E-state index contributed by atoms with van der Waals surface area (Å²) in [6, 6.07) is 5.97. The van der Waals surface area contributed by atoms with Crippen LogP contribution in [-0.2, 0) is 13.0 Å². The first kappa shape index (κ1) is 13.3. The number of nitriles is 1. The molecule has 1 aliphatic rings. The van der Waals surface area contributed by atoms with Gasteiger partial charge in [-0.15, -0.1) is 21.5 Å². The summed E-state index contributed by atoms with van der Waals surface area (Å²) in [4.78, 5) is 0.956. The normalized spacial score (nSPS) is 15.5. The Hall–Kier alpha value is -1.64. The summed E-state index contributed by atoms with van der Waals surface area (Å²) in [5.74, 6) is 1.66. The van der Waals surface area contributed by atoms with E-state index in [1.165, 1.54) is 17.8 Å². The minimum Gasteiger partial charge on any atom is -0.310 e. The van der Waals surface area contributed by atoms with E-state index >= 15 is 0 Å². The number of hydrogen-bond donors (Lipinski definition) is 0. The van der Waals surface area contributed by atoms with Crippen molar-refractivity contribution in [3.63, 3.8) is 0 Å². The van der Waals surface area contributed by atoms with Crippen molar-refractivity contribution in [1.29, 1.82) is 5.26 Å². The van der Waals surface area contributed by atoms with E-state index in [-0.39, 0.29) is 0 Å². The summed E-state index contributed by atoms with van der Waals surface area (Å²) in [5.41, 5.74) is 0.546.